The SMILES string of the molecule is CCOC(=O)C(N)CCSCCC(=O)NC1CCCCC1. The number of thioether (sulfide) groups is 1. The Morgan fingerprint density at radius 2 is 2.00 bits per heavy atom. The number of carbonyl (C=O) groups is 2. The van der Waals surface area contributed by atoms with Crippen LogP contribution in [0.15, 0.2) is 0 Å². The van der Waals surface area contributed by atoms with Gasteiger partial charge in [0, 0.05) is 18.2 Å². The molecule has 0 aromatic heterocycles. The van der Waals surface area contributed by atoms with E-state index in [2.05, 4.69) is 5.32 Å². The van der Waals surface area contributed by atoms with E-state index in [4.69, 9.17) is 10.5 Å². The number of rotatable bonds is 9. The molecule has 0 saturated heterocycles. The maximum atomic E-state index is 11.8. The molecule has 6 heteroatoms. The third kappa shape index (κ3) is 8.31. The van der Waals surface area contributed by atoms with Crippen LogP contribution < -0.4 is 11.1 Å². The molecule has 3 N–H and O–H groups in total. The van der Waals surface area contributed by atoms with E-state index in [1.54, 1.807) is 18.7 Å². The van der Waals surface area contributed by atoms with Crippen LogP contribution in [0.5, 0.6) is 0 Å². The van der Waals surface area contributed by atoms with Crippen LogP contribution in [0.1, 0.15) is 51.9 Å². The third-order valence-electron chi connectivity index (χ3n) is 3.61. The topological polar surface area (TPSA) is 81.4 Å². The Labute approximate surface area is 131 Å². The first-order valence-corrected chi connectivity index (χ1v) is 9.08. The van der Waals surface area contributed by atoms with Gasteiger partial charge in [-0.25, -0.2) is 0 Å². The highest BCUT2D eigenvalue weighted by atomic mass is 32.2. The first kappa shape index (κ1) is 18.3. The maximum Gasteiger partial charge on any atom is 0.322 e. The predicted molar refractivity (Wildman–Crippen MR) is 86.2 cm³/mol. The Morgan fingerprint density at radius 1 is 1.29 bits per heavy atom. The molecule has 122 valence electrons. The van der Waals surface area contributed by atoms with Crippen molar-refractivity contribution in [1.82, 2.24) is 5.32 Å². The number of carbonyl (C=O) groups excluding carboxylic acids is 2. The number of hydrogen-bond acceptors (Lipinski definition) is 5. The summed E-state index contributed by atoms with van der Waals surface area (Å²) in [5, 5.41) is 3.10. The molecule has 0 aromatic rings. The van der Waals surface area contributed by atoms with Gasteiger partial charge in [0.25, 0.3) is 0 Å². The highest BCUT2D eigenvalue weighted by Crippen LogP contribution is 2.17. The van der Waals surface area contributed by atoms with Crippen molar-refractivity contribution in [2.75, 3.05) is 18.1 Å². The molecule has 1 unspecified atom stereocenters. The molecule has 1 amide bonds. The van der Waals surface area contributed by atoms with Crippen molar-refractivity contribution in [3.05, 3.63) is 0 Å². The highest BCUT2D eigenvalue weighted by molar-refractivity contribution is 7.99. The number of amides is 1. The molecular formula is C15H28N2O3S. The molecule has 5 nitrogen and oxygen atoms in total. The van der Waals surface area contributed by atoms with Gasteiger partial charge in [-0.05, 0) is 31.9 Å². The molecule has 1 atom stereocenters. The zero-order valence-corrected chi connectivity index (χ0v) is 13.8. The van der Waals surface area contributed by atoms with E-state index >= 15 is 0 Å². The summed E-state index contributed by atoms with van der Waals surface area (Å²) in [6, 6.07) is -0.165. The molecule has 0 aromatic carbocycles. The van der Waals surface area contributed by atoms with Crippen molar-refractivity contribution in [2.45, 2.75) is 64.0 Å². The Balaban J connectivity index is 2.00. The van der Waals surface area contributed by atoms with Gasteiger partial charge in [0.1, 0.15) is 6.04 Å². The minimum Gasteiger partial charge on any atom is -0.465 e. The van der Waals surface area contributed by atoms with E-state index in [-0.39, 0.29) is 11.9 Å². The normalized spacial score (nSPS) is 17.2. The Hall–Kier alpha value is -0.750. The summed E-state index contributed by atoms with van der Waals surface area (Å²) < 4.78 is 4.85. The third-order valence-corrected chi connectivity index (χ3v) is 4.62. The average Bonchev–Trinajstić information content (AvgIpc) is 2.48. The molecule has 21 heavy (non-hydrogen) atoms. The summed E-state index contributed by atoms with van der Waals surface area (Å²) in [4.78, 5) is 23.1. The summed E-state index contributed by atoms with van der Waals surface area (Å²) in [6.45, 7) is 2.13. The van der Waals surface area contributed by atoms with Crippen LogP contribution in [-0.2, 0) is 14.3 Å². The number of hydrogen-bond donors (Lipinski definition) is 2. The zero-order chi connectivity index (χ0) is 15.5. The van der Waals surface area contributed by atoms with E-state index in [1.807, 2.05) is 0 Å². The van der Waals surface area contributed by atoms with Crippen molar-refractivity contribution in [3.8, 4) is 0 Å². The van der Waals surface area contributed by atoms with Gasteiger partial charge in [-0.15, -0.1) is 0 Å². The Morgan fingerprint density at radius 3 is 2.67 bits per heavy atom. The summed E-state index contributed by atoms with van der Waals surface area (Å²) in [5.41, 5.74) is 5.70. The molecule has 0 heterocycles. The summed E-state index contributed by atoms with van der Waals surface area (Å²) in [7, 11) is 0. The fraction of sp³-hybridized carbons (Fsp3) is 0.867. The second-order valence-electron chi connectivity index (χ2n) is 5.41. The lowest BCUT2D eigenvalue weighted by Gasteiger charge is -2.22. The second-order valence-corrected chi connectivity index (χ2v) is 6.64. The standard InChI is InChI=1S/C15H28N2O3S/c1-2-20-15(19)13(16)8-10-21-11-9-14(18)17-12-6-4-3-5-7-12/h12-13H,2-11,16H2,1H3,(H,17,18). The van der Waals surface area contributed by atoms with Crippen LogP contribution in [0.4, 0.5) is 0 Å². The van der Waals surface area contributed by atoms with Crippen molar-refractivity contribution >= 4 is 23.6 Å². The summed E-state index contributed by atoms with van der Waals surface area (Å²) in [6.07, 6.45) is 7.12. The molecule has 1 rings (SSSR count). The smallest absolute Gasteiger partial charge is 0.322 e. The summed E-state index contributed by atoms with van der Waals surface area (Å²) in [5.74, 6) is 1.35. The first-order valence-electron chi connectivity index (χ1n) is 7.92. The fourth-order valence-electron chi connectivity index (χ4n) is 2.39. The van der Waals surface area contributed by atoms with E-state index in [1.165, 1.54) is 19.3 Å². The van der Waals surface area contributed by atoms with Gasteiger partial charge >= 0.3 is 5.97 Å². The number of nitrogens with two attached hydrogens (primary N) is 1. The van der Waals surface area contributed by atoms with Crippen LogP contribution >= 0.6 is 11.8 Å². The Kier molecular flexibility index (Phi) is 9.50. The van der Waals surface area contributed by atoms with Gasteiger partial charge in [-0.3, -0.25) is 9.59 Å². The van der Waals surface area contributed by atoms with Crippen molar-refractivity contribution in [3.63, 3.8) is 0 Å². The molecular weight excluding hydrogens is 288 g/mol. The van der Waals surface area contributed by atoms with Crippen LogP contribution in [0.2, 0.25) is 0 Å². The van der Waals surface area contributed by atoms with Gasteiger partial charge in [0.05, 0.1) is 6.61 Å². The van der Waals surface area contributed by atoms with Gasteiger partial charge in [0.2, 0.25) is 5.91 Å². The first-order chi connectivity index (χ1) is 10.1. The van der Waals surface area contributed by atoms with Crippen molar-refractivity contribution in [1.29, 1.82) is 0 Å². The fourth-order valence-corrected chi connectivity index (χ4v) is 3.35. The van der Waals surface area contributed by atoms with Crippen molar-refractivity contribution in [2.24, 2.45) is 5.73 Å². The molecule has 0 aliphatic heterocycles. The van der Waals surface area contributed by atoms with Gasteiger partial charge in [-0.1, -0.05) is 19.3 Å². The average molecular weight is 316 g/mol. The molecule has 1 fully saturated rings. The van der Waals surface area contributed by atoms with E-state index in [0.717, 1.165) is 24.3 Å². The number of nitrogens with one attached hydrogen (secondary N) is 1. The summed E-state index contributed by atoms with van der Waals surface area (Å²) >= 11 is 1.66. The maximum absolute atomic E-state index is 11.8. The van der Waals surface area contributed by atoms with E-state index in [9.17, 15) is 9.59 Å². The quantitative estimate of drug-likeness (QED) is 0.501. The van der Waals surface area contributed by atoms with Gasteiger partial charge in [-0.2, -0.15) is 11.8 Å². The molecule has 0 bridgehead atoms. The van der Waals surface area contributed by atoms with E-state index < -0.39 is 6.04 Å². The van der Waals surface area contributed by atoms with Crippen molar-refractivity contribution < 1.29 is 14.3 Å². The largest absolute Gasteiger partial charge is 0.465 e. The van der Waals surface area contributed by atoms with Gasteiger partial charge in [0.15, 0.2) is 0 Å². The number of ether oxygens (including phenoxy) is 1. The highest BCUT2D eigenvalue weighted by Gasteiger charge is 2.16. The monoisotopic (exact) mass is 316 g/mol. The molecule has 0 spiro atoms. The predicted octanol–water partition coefficient (Wildman–Crippen LogP) is 1.84. The second kappa shape index (κ2) is 10.9. The van der Waals surface area contributed by atoms with Crippen LogP contribution in [0.3, 0.4) is 0 Å². The molecule has 1 saturated carbocycles. The zero-order valence-electron chi connectivity index (χ0n) is 12.9. The lowest BCUT2D eigenvalue weighted by molar-refractivity contribution is -0.144. The van der Waals surface area contributed by atoms with Gasteiger partial charge < -0.3 is 15.8 Å². The minimum absolute atomic E-state index is 0.143. The Bertz CT molecular complexity index is 320. The minimum atomic E-state index is -0.548. The van der Waals surface area contributed by atoms with Crippen LogP contribution in [0.25, 0.3) is 0 Å². The number of esters is 1. The van der Waals surface area contributed by atoms with E-state index in [0.29, 0.717) is 25.5 Å². The molecule has 1 aliphatic rings. The van der Waals surface area contributed by atoms with Crippen LogP contribution in [-0.4, -0.2) is 42.1 Å². The lowest BCUT2D eigenvalue weighted by Crippen LogP contribution is -2.36. The molecule has 0 radical (unpaired) electrons. The molecule has 1 aliphatic carbocycles. The van der Waals surface area contributed by atoms with Crippen LogP contribution in [0, 0.1) is 0 Å². The lowest BCUT2D eigenvalue weighted by atomic mass is 9.95.